The zero-order valence-electron chi connectivity index (χ0n) is 10.00. The van der Waals surface area contributed by atoms with Gasteiger partial charge in [0.2, 0.25) is 0 Å². The van der Waals surface area contributed by atoms with Crippen molar-refractivity contribution >= 4 is 0 Å². The zero-order chi connectivity index (χ0) is 10.1. The molecule has 0 amide bonds. The Balaban J connectivity index is 1.90. The van der Waals surface area contributed by atoms with Gasteiger partial charge < -0.3 is 4.90 Å². The monoisotopic (exact) mass is 195 g/mol. The van der Waals surface area contributed by atoms with E-state index < -0.39 is 0 Å². The Hall–Kier alpha value is -0.0400. The van der Waals surface area contributed by atoms with Crippen LogP contribution in [-0.4, -0.2) is 24.0 Å². The van der Waals surface area contributed by atoms with Gasteiger partial charge in [-0.15, -0.1) is 0 Å². The molecule has 82 valence electrons. The van der Waals surface area contributed by atoms with Gasteiger partial charge in [-0.2, -0.15) is 0 Å². The lowest BCUT2D eigenvalue weighted by Gasteiger charge is -2.46. The van der Waals surface area contributed by atoms with Crippen molar-refractivity contribution in [1.82, 2.24) is 4.90 Å². The van der Waals surface area contributed by atoms with E-state index in [4.69, 9.17) is 0 Å². The molecule has 0 aromatic rings. The van der Waals surface area contributed by atoms with Crippen molar-refractivity contribution in [3.05, 3.63) is 0 Å². The van der Waals surface area contributed by atoms with Crippen LogP contribution in [0.15, 0.2) is 0 Å². The smallest absolute Gasteiger partial charge is 0.00953 e. The number of hydrogen-bond acceptors (Lipinski definition) is 1. The Morgan fingerprint density at radius 2 is 1.86 bits per heavy atom. The van der Waals surface area contributed by atoms with Gasteiger partial charge in [0.15, 0.2) is 0 Å². The van der Waals surface area contributed by atoms with E-state index in [-0.39, 0.29) is 0 Å². The highest BCUT2D eigenvalue weighted by Gasteiger charge is 2.33. The highest BCUT2D eigenvalue weighted by Crippen LogP contribution is 2.34. The molecule has 14 heavy (non-hydrogen) atoms. The second-order valence-corrected chi connectivity index (χ2v) is 5.75. The molecule has 2 rings (SSSR count). The molecule has 1 saturated heterocycles. The lowest BCUT2D eigenvalue weighted by Crippen LogP contribution is -2.49. The van der Waals surface area contributed by atoms with E-state index in [0.29, 0.717) is 0 Å². The summed E-state index contributed by atoms with van der Waals surface area (Å²) in [6.45, 7) is 9.98. The van der Waals surface area contributed by atoms with Gasteiger partial charge in [0.05, 0.1) is 0 Å². The largest absolute Gasteiger partial charge is 0.300 e. The van der Waals surface area contributed by atoms with E-state index in [0.717, 1.165) is 23.8 Å². The van der Waals surface area contributed by atoms with E-state index in [1.807, 2.05) is 0 Å². The van der Waals surface area contributed by atoms with Gasteiger partial charge in [-0.05, 0) is 43.6 Å². The molecular weight excluding hydrogens is 170 g/mol. The Morgan fingerprint density at radius 3 is 2.36 bits per heavy atom. The number of likely N-dealkylation sites (tertiary alicyclic amines) is 1. The van der Waals surface area contributed by atoms with Gasteiger partial charge in [-0.1, -0.05) is 27.2 Å². The molecule has 0 radical (unpaired) electrons. The summed E-state index contributed by atoms with van der Waals surface area (Å²) >= 11 is 0. The fourth-order valence-electron chi connectivity index (χ4n) is 3.08. The summed E-state index contributed by atoms with van der Waals surface area (Å²) in [5.41, 5.74) is 0. The molecule has 0 aromatic heterocycles. The SMILES string of the molecule is CC(C)[C@H]1CN(C2CCC2)CC[C@@H]1C. The van der Waals surface area contributed by atoms with Gasteiger partial charge in [0, 0.05) is 12.6 Å². The van der Waals surface area contributed by atoms with Gasteiger partial charge >= 0.3 is 0 Å². The third-order valence-electron chi connectivity index (χ3n) is 4.50. The quantitative estimate of drug-likeness (QED) is 0.654. The highest BCUT2D eigenvalue weighted by atomic mass is 15.2. The maximum Gasteiger partial charge on any atom is 0.00953 e. The molecule has 0 aromatic carbocycles. The van der Waals surface area contributed by atoms with Crippen molar-refractivity contribution in [2.75, 3.05) is 13.1 Å². The highest BCUT2D eigenvalue weighted by molar-refractivity contribution is 4.87. The number of piperidine rings is 1. The van der Waals surface area contributed by atoms with E-state index in [1.165, 1.54) is 38.8 Å². The molecular formula is C13H25N. The van der Waals surface area contributed by atoms with Crippen LogP contribution >= 0.6 is 0 Å². The fourth-order valence-corrected chi connectivity index (χ4v) is 3.08. The topological polar surface area (TPSA) is 3.24 Å². The molecule has 1 aliphatic carbocycles. The average molecular weight is 195 g/mol. The van der Waals surface area contributed by atoms with Crippen LogP contribution < -0.4 is 0 Å². The molecule has 1 aliphatic heterocycles. The lowest BCUT2D eigenvalue weighted by atomic mass is 9.78. The fraction of sp³-hybridized carbons (Fsp3) is 1.00. The van der Waals surface area contributed by atoms with Crippen LogP contribution in [0, 0.1) is 17.8 Å². The second-order valence-electron chi connectivity index (χ2n) is 5.75. The summed E-state index contributed by atoms with van der Waals surface area (Å²) < 4.78 is 0. The lowest BCUT2D eigenvalue weighted by molar-refractivity contribution is 0.0355. The first kappa shape index (κ1) is 10.5. The predicted molar refractivity (Wildman–Crippen MR) is 61.3 cm³/mol. The van der Waals surface area contributed by atoms with Gasteiger partial charge in [-0.25, -0.2) is 0 Å². The first-order chi connectivity index (χ1) is 6.68. The minimum atomic E-state index is 0.868. The molecule has 0 spiro atoms. The normalized spacial score (nSPS) is 36.0. The van der Waals surface area contributed by atoms with Crippen molar-refractivity contribution in [2.45, 2.75) is 52.5 Å². The molecule has 2 aliphatic rings. The molecule has 1 saturated carbocycles. The van der Waals surface area contributed by atoms with Crippen LogP contribution in [0.5, 0.6) is 0 Å². The second kappa shape index (κ2) is 4.22. The minimum Gasteiger partial charge on any atom is -0.300 e. The standard InChI is InChI=1S/C13H25N/c1-10(2)13-9-14(8-7-11(13)3)12-5-4-6-12/h10-13H,4-9H2,1-3H3/t11-,13+/m0/s1. The number of rotatable bonds is 2. The minimum absolute atomic E-state index is 0.868. The average Bonchev–Trinajstić information content (AvgIpc) is 2.04. The van der Waals surface area contributed by atoms with E-state index >= 15 is 0 Å². The summed E-state index contributed by atoms with van der Waals surface area (Å²) in [6.07, 6.45) is 5.85. The first-order valence-corrected chi connectivity index (χ1v) is 6.42. The maximum absolute atomic E-state index is 2.77. The molecule has 0 N–H and O–H groups in total. The summed E-state index contributed by atoms with van der Waals surface area (Å²) in [6, 6.07) is 0.962. The van der Waals surface area contributed by atoms with Crippen LogP contribution in [0.4, 0.5) is 0 Å². The number of hydrogen-bond donors (Lipinski definition) is 0. The summed E-state index contributed by atoms with van der Waals surface area (Å²) in [5, 5.41) is 0. The predicted octanol–water partition coefficient (Wildman–Crippen LogP) is 3.15. The summed E-state index contributed by atoms with van der Waals surface area (Å²) in [4.78, 5) is 2.77. The zero-order valence-corrected chi connectivity index (χ0v) is 10.00. The Labute approximate surface area is 88.9 Å². The van der Waals surface area contributed by atoms with E-state index in [2.05, 4.69) is 25.7 Å². The molecule has 0 unspecified atom stereocenters. The van der Waals surface area contributed by atoms with Crippen LogP contribution in [0.2, 0.25) is 0 Å². The molecule has 2 atom stereocenters. The third-order valence-corrected chi connectivity index (χ3v) is 4.50. The molecule has 1 nitrogen and oxygen atoms in total. The van der Waals surface area contributed by atoms with Crippen molar-refractivity contribution < 1.29 is 0 Å². The van der Waals surface area contributed by atoms with E-state index in [9.17, 15) is 0 Å². The first-order valence-electron chi connectivity index (χ1n) is 6.42. The maximum atomic E-state index is 2.77. The van der Waals surface area contributed by atoms with Crippen LogP contribution in [0.1, 0.15) is 46.5 Å². The van der Waals surface area contributed by atoms with Crippen molar-refractivity contribution in [3.8, 4) is 0 Å². The Morgan fingerprint density at radius 1 is 1.14 bits per heavy atom. The van der Waals surface area contributed by atoms with Gasteiger partial charge in [0.25, 0.3) is 0 Å². The van der Waals surface area contributed by atoms with E-state index in [1.54, 1.807) is 0 Å². The molecule has 1 heterocycles. The van der Waals surface area contributed by atoms with Crippen molar-refractivity contribution in [1.29, 1.82) is 0 Å². The van der Waals surface area contributed by atoms with Gasteiger partial charge in [-0.3, -0.25) is 0 Å². The van der Waals surface area contributed by atoms with Crippen LogP contribution in [0.3, 0.4) is 0 Å². The Kier molecular flexibility index (Phi) is 3.16. The van der Waals surface area contributed by atoms with Crippen LogP contribution in [0.25, 0.3) is 0 Å². The third kappa shape index (κ3) is 1.98. The van der Waals surface area contributed by atoms with Crippen LogP contribution in [-0.2, 0) is 0 Å². The summed E-state index contributed by atoms with van der Waals surface area (Å²) in [5.74, 6) is 2.77. The summed E-state index contributed by atoms with van der Waals surface area (Å²) in [7, 11) is 0. The number of nitrogens with zero attached hydrogens (tertiary/aromatic N) is 1. The molecule has 0 bridgehead atoms. The molecule has 1 heteroatoms. The molecule has 2 fully saturated rings. The Bertz CT molecular complexity index is 184. The van der Waals surface area contributed by atoms with Gasteiger partial charge in [0.1, 0.15) is 0 Å². The van der Waals surface area contributed by atoms with Crippen molar-refractivity contribution in [3.63, 3.8) is 0 Å². The van der Waals surface area contributed by atoms with Crippen molar-refractivity contribution in [2.24, 2.45) is 17.8 Å².